The molecule has 2 aromatic rings. The number of nitrogens with zero attached hydrogens (tertiary/aromatic N) is 4. The van der Waals surface area contributed by atoms with Crippen LogP contribution in [0.15, 0.2) is 36.7 Å². The SMILES string of the molecule is [O-][n+]1cnnn1-c1ccccc1. The number of hydrogen-bond acceptors (Lipinski definition) is 3. The molecule has 60 valence electrons. The molecule has 1 aromatic heterocycles. The Morgan fingerprint density at radius 1 is 1.25 bits per heavy atom. The quantitative estimate of drug-likeness (QED) is 0.434. The molecule has 0 N–H and O–H groups in total. The molecule has 0 atom stereocenters. The highest BCUT2D eigenvalue weighted by atomic mass is 16.5. The van der Waals surface area contributed by atoms with Crippen molar-refractivity contribution in [1.29, 1.82) is 0 Å². The van der Waals surface area contributed by atoms with E-state index in [2.05, 4.69) is 10.3 Å². The summed E-state index contributed by atoms with van der Waals surface area (Å²) in [6.45, 7) is 0. The summed E-state index contributed by atoms with van der Waals surface area (Å²) in [5.41, 5.74) is 0.699. The van der Waals surface area contributed by atoms with Gasteiger partial charge < -0.3 is 5.21 Å². The predicted octanol–water partition coefficient (Wildman–Crippen LogP) is -0.0993. The lowest BCUT2D eigenvalue weighted by atomic mass is 10.3. The summed E-state index contributed by atoms with van der Waals surface area (Å²) >= 11 is 0. The Kier molecular flexibility index (Phi) is 1.48. The number of para-hydroxylation sites is 1. The molecule has 0 saturated carbocycles. The second kappa shape index (κ2) is 2.61. The van der Waals surface area contributed by atoms with Gasteiger partial charge in [0.15, 0.2) is 5.21 Å². The third-order valence-electron chi connectivity index (χ3n) is 1.46. The Morgan fingerprint density at radius 2 is 2.00 bits per heavy atom. The van der Waals surface area contributed by atoms with Crippen LogP contribution in [-0.2, 0) is 0 Å². The van der Waals surface area contributed by atoms with Gasteiger partial charge in [-0.15, -0.1) is 0 Å². The smallest absolute Gasteiger partial charge is 0.290 e. The van der Waals surface area contributed by atoms with Gasteiger partial charge in [0, 0.05) is 0 Å². The highest BCUT2D eigenvalue weighted by molar-refractivity contribution is 5.26. The van der Waals surface area contributed by atoms with Gasteiger partial charge in [-0.3, -0.25) is 0 Å². The van der Waals surface area contributed by atoms with Crippen LogP contribution in [0.2, 0.25) is 0 Å². The third kappa shape index (κ3) is 1.01. The minimum atomic E-state index is 0.565. The molecule has 0 unspecified atom stereocenters. The van der Waals surface area contributed by atoms with Crippen molar-refractivity contribution in [3.05, 3.63) is 41.9 Å². The number of hydrogen-bond donors (Lipinski definition) is 0. The highest BCUT2D eigenvalue weighted by Crippen LogP contribution is 1.99. The molecule has 0 fully saturated rings. The molecule has 0 aliphatic rings. The highest BCUT2D eigenvalue weighted by Gasteiger charge is 2.04. The van der Waals surface area contributed by atoms with Crippen LogP contribution in [0.4, 0.5) is 0 Å². The lowest BCUT2D eigenvalue weighted by molar-refractivity contribution is -0.689. The normalized spacial score (nSPS) is 10.0. The predicted molar refractivity (Wildman–Crippen MR) is 40.3 cm³/mol. The van der Waals surface area contributed by atoms with Crippen LogP contribution in [0.25, 0.3) is 5.69 Å². The van der Waals surface area contributed by atoms with Crippen LogP contribution in [-0.4, -0.2) is 15.1 Å². The summed E-state index contributed by atoms with van der Waals surface area (Å²) in [4.78, 5) is 1.73. The van der Waals surface area contributed by atoms with Crippen molar-refractivity contribution >= 4 is 0 Å². The van der Waals surface area contributed by atoms with Gasteiger partial charge in [-0.2, -0.15) is 4.85 Å². The molecule has 1 heterocycles. The fourth-order valence-corrected chi connectivity index (χ4v) is 0.931. The monoisotopic (exact) mass is 162 g/mol. The maximum Gasteiger partial charge on any atom is 0.290 e. The molecule has 12 heavy (non-hydrogen) atoms. The van der Waals surface area contributed by atoms with Gasteiger partial charge in [-0.25, -0.2) is 0 Å². The maximum absolute atomic E-state index is 11.0. The van der Waals surface area contributed by atoms with E-state index < -0.39 is 0 Å². The fourth-order valence-electron chi connectivity index (χ4n) is 0.931. The topological polar surface area (TPSA) is 57.6 Å². The van der Waals surface area contributed by atoms with Gasteiger partial charge in [0.25, 0.3) is 6.33 Å². The van der Waals surface area contributed by atoms with E-state index in [1.807, 2.05) is 18.2 Å². The Morgan fingerprint density at radius 3 is 2.58 bits per heavy atom. The second-order valence-corrected chi connectivity index (χ2v) is 2.25. The number of rotatable bonds is 1. The Hall–Kier alpha value is -1.91. The van der Waals surface area contributed by atoms with Crippen LogP contribution in [0.1, 0.15) is 0 Å². The van der Waals surface area contributed by atoms with Crippen LogP contribution >= 0.6 is 0 Å². The van der Waals surface area contributed by atoms with E-state index in [0.29, 0.717) is 10.5 Å². The van der Waals surface area contributed by atoms with Crippen molar-refractivity contribution in [2.45, 2.75) is 0 Å². The first-order chi connectivity index (χ1) is 5.88. The van der Waals surface area contributed by atoms with Crippen LogP contribution in [0.3, 0.4) is 0 Å². The van der Waals surface area contributed by atoms with Crippen molar-refractivity contribution in [2.75, 3.05) is 0 Å². The molecule has 0 spiro atoms. The van der Waals surface area contributed by atoms with E-state index >= 15 is 0 Å². The Balaban J connectivity index is 2.51. The molecule has 2 rings (SSSR count). The van der Waals surface area contributed by atoms with E-state index in [1.165, 1.54) is 4.80 Å². The van der Waals surface area contributed by atoms with E-state index in [0.717, 1.165) is 6.33 Å². The first kappa shape index (κ1) is 6.78. The molecule has 1 aromatic carbocycles. The second-order valence-electron chi connectivity index (χ2n) is 2.25. The van der Waals surface area contributed by atoms with Gasteiger partial charge in [0.05, 0.1) is 0 Å². The molecule has 0 aliphatic carbocycles. The molecule has 0 bridgehead atoms. The van der Waals surface area contributed by atoms with Crippen molar-refractivity contribution in [3.63, 3.8) is 0 Å². The van der Waals surface area contributed by atoms with E-state index in [-0.39, 0.29) is 0 Å². The zero-order chi connectivity index (χ0) is 8.39. The molecule has 0 radical (unpaired) electrons. The van der Waals surface area contributed by atoms with E-state index in [9.17, 15) is 5.21 Å². The summed E-state index contributed by atoms with van der Waals surface area (Å²) in [7, 11) is 0. The van der Waals surface area contributed by atoms with Gasteiger partial charge in [0.1, 0.15) is 10.8 Å². The van der Waals surface area contributed by atoms with Crippen LogP contribution in [0, 0.1) is 5.21 Å². The van der Waals surface area contributed by atoms with Gasteiger partial charge in [-0.1, -0.05) is 18.2 Å². The molecule has 0 aliphatic heterocycles. The molecule has 0 saturated heterocycles. The largest absolute Gasteiger partial charge is 0.723 e. The van der Waals surface area contributed by atoms with Gasteiger partial charge in [0.2, 0.25) is 0 Å². The molecule has 0 amide bonds. The zero-order valence-electron chi connectivity index (χ0n) is 6.16. The summed E-state index contributed by atoms with van der Waals surface area (Å²) < 4.78 is 0. The summed E-state index contributed by atoms with van der Waals surface area (Å²) in [5, 5.41) is 18.0. The summed E-state index contributed by atoms with van der Waals surface area (Å²) in [5.74, 6) is 0. The summed E-state index contributed by atoms with van der Waals surface area (Å²) in [6.07, 6.45) is 1.10. The molecule has 5 nitrogen and oxygen atoms in total. The fraction of sp³-hybridized carbons (Fsp3) is 0. The Labute approximate surface area is 68.4 Å². The molecular formula is C7H6N4O. The van der Waals surface area contributed by atoms with Crippen molar-refractivity contribution < 1.29 is 4.85 Å². The zero-order valence-corrected chi connectivity index (χ0v) is 6.16. The minimum Gasteiger partial charge on any atom is -0.723 e. The Bertz CT molecular complexity index is 370. The van der Waals surface area contributed by atoms with Crippen LogP contribution in [0.5, 0.6) is 0 Å². The van der Waals surface area contributed by atoms with Gasteiger partial charge >= 0.3 is 0 Å². The first-order valence-electron chi connectivity index (χ1n) is 3.43. The van der Waals surface area contributed by atoms with Crippen molar-refractivity contribution in [3.8, 4) is 5.69 Å². The van der Waals surface area contributed by atoms with Gasteiger partial charge in [-0.05, 0) is 16.9 Å². The number of benzene rings is 1. The van der Waals surface area contributed by atoms with E-state index in [4.69, 9.17) is 0 Å². The van der Waals surface area contributed by atoms with E-state index in [1.54, 1.807) is 12.1 Å². The number of tetrazole rings is 1. The van der Waals surface area contributed by atoms with Crippen LogP contribution < -0.4 is 4.85 Å². The van der Waals surface area contributed by atoms with Crippen molar-refractivity contribution in [2.24, 2.45) is 0 Å². The lowest BCUT2D eigenvalue weighted by Gasteiger charge is -2.01. The molecular weight excluding hydrogens is 156 g/mol. The van der Waals surface area contributed by atoms with Crippen molar-refractivity contribution in [1.82, 2.24) is 15.1 Å². The average Bonchev–Trinajstić information content (AvgIpc) is 2.53. The lowest BCUT2D eigenvalue weighted by Crippen LogP contribution is -2.36. The third-order valence-corrected chi connectivity index (χ3v) is 1.46. The minimum absolute atomic E-state index is 0.565. The average molecular weight is 162 g/mol. The number of aromatic nitrogens is 4. The first-order valence-corrected chi connectivity index (χ1v) is 3.43. The summed E-state index contributed by atoms with van der Waals surface area (Å²) in [6, 6.07) is 9.09. The standard InChI is InChI=1S/C7H6N4O/c12-10-6-8-9-11(10)7-4-2-1-3-5-7/h1-6H. The molecule has 5 heteroatoms. The maximum atomic E-state index is 11.0.